The lowest BCUT2D eigenvalue weighted by atomic mass is 9.69. The maximum Gasteiger partial charge on any atom is 0.257 e. The first-order valence-corrected chi connectivity index (χ1v) is 11.4. The number of nitrogens with zero attached hydrogens (tertiary/aromatic N) is 1. The average Bonchev–Trinajstić information content (AvgIpc) is 2.74. The highest BCUT2D eigenvalue weighted by Gasteiger charge is 2.43. The van der Waals surface area contributed by atoms with E-state index in [2.05, 4.69) is 35.7 Å². The van der Waals surface area contributed by atoms with Crippen LogP contribution in [0.25, 0.3) is 0 Å². The van der Waals surface area contributed by atoms with Gasteiger partial charge in [-0.15, -0.1) is 6.58 Å². The Morgan fingerprint density at radius 3 is 2.72 bits per heavy atom. The Morgan fingerprint density at radius 2 is 2.03 bits per heavy atom. The van der Waals surface area contributed by atoms with Crippen LogP contribution in [-0.2, 0) is 4.79 Å². The fourth-order valence-electron chi connectivity index (χ4n) is 4.55. The summed E-state index contributed by atoms with van der Waals surface area (Å²) in [6, 6.07) is 5.51. The largest absolute Gasteiger partial charge is 0.493 e. The second kappa shape index (κ2) is 8.50. The molecule has 1 atom stereocenters. The van der Waals surface area contributed by atoms with Crippen LogP contribution in [0.3, 0.4) is 0 Å². The molecule has 2 aliphatic rings. The van der Waals surface area contributed by atoms with Crippen LogP contribution >= 0.6 is 11.8 Å². The number of anilines is 1. The van der Waals surface area contributed by atoms with Gasteiger partial charge >= 0.3 is 0 Å². The zero-order valence-corrected chi connectivity index (χ0v) is 19.5. The number of ether oxygens (including phenoxy) is 2. The molecule has 1 aromatic heterocycles. The molecular weight excluding hydrogens is 426 g/mol. The van der Waals surface area contributed by atoms with Crippen LogP contribution in [0.1, 0.15) is 43.7 Å². The monoisotopic (exact) mass is 453 g/mol. The lowest BCUT2D eigenvalue weighted by Gasteiger charge is -2.38. The normalized spacial score (nSPS) is 19.0. The molecule has 0 amide bonds. The van der Waals surface area contributed by atoms with E-state index in [1.54, 1.807) is 26.4 Å². The van der Waals surface area contributed by atoms with Crippen molar-refractivity contribution in [3.8, 4) is 11.5 Å². The fourth-order valence-corrected chi connectivity index (χ4v) is 5.15. The number of allylic oxidation sites excluding steroid dienone is 2. The van der Waals surface area contributed by atoms with Gasteiger partial charge in [0.1, 0.15) is 5.82 Å². The minimum atomic E-state index is -0.607. The van der Waals surface area contributed by atoms with Crippen molar-refractivity contribution in [3.63, 3.8) is 0 Å². The van der Waals surface area contributed by atoms with Crippen molar-refractivity contribution >= 4 is 23.4 Å². The van der Waals surface area contributed by atoms with E-state index in [0.717, 1.165) is 5.70 Å². The smallest absolute Gasteiger partial charge is 0.257 e. The average molecular weight is 454 g/mol. The Morgan fingerprint density at radius 1 is 1.25 bits per heavy atom. The van der Waals surface area contributed by atoms with Gasteiger partial charge in [0.2, 0.25) is 0 Å². The number of hydrogen-bond acceptors (Lipinski definition) is 7. The van der Waals surface area contributed by atoms with E-state index in [9.17, 15) is 9.59 Å². The third-order valence-electron chi connectivity index (χ3n) is 5.78. The van der Waals surface area contributed by atoms with Crippen LogP contribution in [0.5, 0.6) is 11.5 Å². The molecule has 2 N–H and O–H groups in total. The van der Waals surface area contributed by atoms with Crippen LogP contribution in [0, 0.1) is 5.41 Å². The van der Waals surface area contributed by atoms with Gasteiger partial charge < -0.3 is 19.8 Å². The molecule has 0 radical (unpaired) electrons. The Kier molecular flexibility index (Phi) is 5.90. The number of Topliss-reactive ketones (excluding diaryl/α,β-unsaturated/α-hetero) is 1. The lowest BCUT2D eigenvalue weighted by Crippen LogP contribution is -2.37. The highest BCUT2D eigenvalue weighted by Crippen LogP contribution is 2.50. The third-order valence-corrected chi connectivity index (χ3v) is 6.65. The number of fused-ring (bicyclic) bond motifs is 1. The van der Waals surface area contributed by atoms with Gasteiger partial charge in [-0.2, -0.15) is 0 Å². The van der Waals surface area contributed by atoms with Crippen molar-refractivity contribution in [2.45, 2.75) is 37.8 Å². The minimum absolute atomic E-state index is 0.0220. The molecule has 7 nitrogen and oxygen atoms in total. The SMILES string of the molecule is C=CCSc1nc2c(c(=O)[nH]1)C(c1cccc(OC)c1OC)C1=C(CC(C)(C)CC1=O)N2. The lowest BCUT2D eigenvalue weighted by molar-refractivity contribution is -0.118. The summed E-state index contributed by atoms with van der Waals surface area (Å²) >= 11 is 1.40. The number of thioether (sulfide) groups is 1. The Labute approximate surface area is 191 Å². The van der Waals surface area contributed by atoms with Crippen molar-refractivity contribution in [2.75, 3.05) is 25.3 Å². The summed E-state index contributed by atoms with van der Waals surface area (Å²) in [5.41, 5.74) is 2.05. The second-order valence-electron chi connectivity index (χ2n) is 8.71. The minimum Gasteiger partial charge on any atom is -0.493 e. The van der Waals surface area contributed by atoms with Crippen molar-refractivity contribution < 1.29 is 14.3 Å². The quantitative estimate of drug-likeness (QED) is 0.383. The van der Waals surface area contributed by atoms with Crippen LogP contribution in [0.2, 0.25) is 0 Å². The van der Waals surface area contributed by atoms with Crippen LogP contribution < -0.4 is 20.3 Å². The summed E-state index contributed by atoms with van der Waals surface area (Å²) in [7, 11) is 3.12. The molecule has 0 saturated carbocycles. The van der Waals surface area contributed by atoms with Gasteiger partial charge in [0.05, 0.1) is 25.7 Å². The van der Waals surface area contributed by atoms with Gasteiger partial charge in [0, 0.05) is 29.0 Å². The maximum atomic E-state index is 13.4. The number of nitrogens with one attached hydrogen (secondary N) is 2. The number of para-hydroxylation sites is 1. The summed E-state index contributed by atoms with van der Waals surface area (Å²) < 4.78 is 11.2. The standard InChI is InChI=1S/C24H27N3O4S/c1-6-10-32-23-26-21-19(22(29)27-23)17(13-8-7-9-16(30-4)20(13)31-5)18-14(25-21)11-24(2,3)12-15(18)28/h6-9,17H,1,10-12H2,2-5H3,(H2,25,26,27,29). The molecule has 2 heterocycles. The molecule has 2 aromatic rings. The highest BCUT2D eigenvalue weighted by molar-refractivity contribution is 7.99. The molecule has 1 aromatic carbocycles. The number of carbonyl (C=O) groups excluding carboxylic acids is 1. The fraction of sp³-hybridized carbons (Fsp3) is 0.375. The Balaban J connectivity index is 1.99. The molecule has 0 bridgehead atoms. The van der Waals surface area contributed by atoms with Gasteiger partial charge in [0.15, 0.2) is 22.4 Å². The Hall–Kier alpha value is -3.00. The zero-order valence-electron chi connectivity index (χ0n) is 18.7. The van der Waals surface area contributed by atoms with E-state index in [1.807, 2.05) is 12.1 Å². The second-order valence-corrected chi connectivity index (χ2v) is 9.72. The van der Waals surface area contributed by atoms with Crippen molar-refractivity contribution in [2.24, 2.45) is 5.41 Å². The summed E-state index contributed by atoms with van der Waals surface area (Å²) in [4.78, 5) is 34.3. The number of hydrogen-bond donors (Lipinski definition) is 2. The predicted octanol–water partition coefficient (Wildman–Crippen LogP) is 4.27. The van der Waals surface area contributed by atoms with Crippen molar-refractivity contribution in [1.82, 2.24) is 9.97 Å². The first-order valence-electron chi connectivity index (χ1n) is 10.4. The molecule has 32 heavy (non-hydrogen) atoms. The number of H-pyrrole nitrogens is 1. The van der Waals surface area contributed by atoms with Gasteiger partial charge in [-0.05, 0) is 17.9 Å². The predicted molar refractivity (Wildman–Crippen MR) is 126 cm³/mol. The number of ketones is 1. The van der Waals surface area contributed by atoms with Gasteiger partial charge in [-0.3, -0.25) is 9.59 Å². The number of rotatable bonds is 6. The summed E-state index contributed by atoms with van der Waals surface area (Å²) in [5.74, 6) is 1.55. The first kappa shape index (κ1) is 22.2. The van der Waals surface area contributed by atoms with Crippen molar-refractivity contribution in [1.29, 1.82) is 0 Å². The van der Waals surface area contributed by atoms with Crippen LogP contribution in [0.4, 0.5) is 5.82 Å². The first-order chi connectivity index (χ1) is 15.3. The number of methoxy groups -OCH3 is 2. The van der Waals surface area contributed by atoms with E-state index in [4.69, 9.17) is 9.47 Å². The molecule has 4 rings (SSSR count). The highest BCUT2D eigenvalue weighted by atomic mass is 32.2. The summed E-state index contributed by atoms with van der Waals surface area (Å²) in [6.07, 6.45) is 2.84. The van der Waals surface area contributed by atoms with Crippen molar-refractivity contribution in [3.05, 3.63) is 63.6 Å². The Bertz CT molecular complexity index is 1180. The van der Waals surface area contributed by atoms with Gasteiger partial charge in [-0.1, -0.05) is 43.8 Å². The van der Waals surface area contributed by atoms with E-state index in [1.165, 1.54) is 11.8 Å². The van der Waals surface area contributed by atoms with E-state index in [-0.39, 0.29) is 16.8 Å². The zero-order chi connectivity index (χ0) is 23.0. The van der Waals surface area contributed by atoms with Crippen LogP contribution in [-0.4, -0.2) is 35.7 Å². The number of carbonyl (C=O) groups is 1. The van der Waals surface area contributed by atoms with E-state index >= 15 is 0 Å². The number of aromatic amines is 1. The molecule has 0 saturated heterocycles. The number of benzene rings is 1. The molecule has 1 aliphatic carbocycles. The molecule has 0 fully saturated rings. The van der Waals surface area contributed by atoms with E-state index < -0.39 is 5.92 Å². The van der Waals surface area contributed by atoms with E-state index in [0.29, 0.717) is 57.8 Å². The molecular formula is C24H27N3O4S. The van der Waals surface area contributed by atoms with Gasteiger partial charge in [0.25, 0.3) is 5.56 Å². The third kappa shape index (κ3) is 3.83. The molecule has 168 valence electrons. The van der Waals surface area contributed by atoms with Gasteiger partial charge in [-0.25, -0.2) is 4.98 Å². The topological polar surface area (TPSA) is 93.3 Å². The summed E-state index contributed by atoms with van der Waals surface area (Å²) in [5, 5.41) is 3.83. The van der Waals surface area contributed by atoms with Crippen LogP contribution in [0.15, 0.2) is 52.1 Å². The number of aromatic nitrogens is 2. The molecule has 1 unspecified atom stereocenters. The molecule has 8 heteroatoms. The molecule has 0 spiro atoms. The maximum absolute atomic E-state index is 13.4. The summed E-state index contributed by atoms with van der Waals surface area (Å²) in [6.45, 7) is 7.87. The molecule has 1 aliphatic heterocycles.